The highest BCUT2D eigenvalue weighted by Gasteiger charge is 2.44. The van der Waals surface area contributed by atoms with Gasteiger partial charge >= 0.3 is 0 Å². The van der Waals surface area contributed by atoms with Crippen molar-refractivity contribution in [2.75, 3.05) is 39.9 Å². The van der Waals surface area contributed by atoms with Crippen LogP contribution in [-0.4, -0.2) is 62.1 Å². The maximum atomic E-state index is 13.0. The van der Waals surface area contributed by atoms with E-state index in [1.165, 1.54) is 0 Å². The van der Waals surface area contributed by atoms with Crippen LogP contribution in [-0.2, 0) is 16.0 Å². The molecular formula is C19H25N3O4. The molecule has 7 heteroatoms. The Balaban J connectivity index is 1.41. The monoisotopic (exact) mass is 359 g/mol. The Morgan fingerprint density at radius 3 is 2.85 bits per heavy atom. The van der Waals surface area contributed by atoms with Gasteiger partial charge in [0.05, 0.1) is 13.0 Å². The summed E-state index contributed by atoms with van der Waals surface area (Å²) in [5.41, 5.74) is 0.508. The van der Waals surface area contributed by atoms with E-state index < -0.39 is 5.54 Å². The molecule has 2 saturated heterocycles. The summed E-state index contributed by atoms with van der Waals surface area (Å²) in [6.45, 7) is 3.02. The molecule has 26 heavy (non-hydrogen) atoms. The summed E-state index contributed by atoms with van der Waals surface area (Å²) in [7, 11) is 1.62. The average Bonchev–Trinajstić information content (AvgIpc) is 2.69. The normalized spacial score (nSPS) is 24.4. The van der Waals surface area contributed by atoms with Crippen molar-refractivity contribution in [3.05, 3.63) is 23.8 Å². The van der Waals surface area contributed by atoms with Crippen molar-refractivity contribution in [3.63, 3.8) is 0 Å². The molecule has 140 valence electrons. The van der Waals surface area contributed by atoms with E-state index in [-0.39, 0.29) is 17.7 Å². The number of hydrogen-bond acceptors (Lipinski definition) is 5. The minimum Gasteiger partial charge on any atom is -0.493 e. The molecule has 0 bridgehead atoms. The standard InChI is InChI=1S/C19H25N3O4/c1-25-15-4-2-3-13-11-14(12-26-16(13)15)17(23)22-9-5-19(6-10-22)18(24)20-7-8-21-19/h2-4,14,21H,5-12H2,1H3,(H,20,24)/t14-/m1/s1. The summed E-state index contributed by atoms with van der Waals surface area (Å²) in [6.07, 6.45) is 1.97. The first-order valence-corrected chi connectivity index (χ1v) is 9.24. The number of methoxy groups -OCH3 is 1. The van der Waals surface area contributed by atoms with Gasteiger partial charge in [-0.05, 0) is 30.9 Å². The van der Waals surface area contributed by atoms with Crippen molar-refractivity contribution in [1.82, 2.24) is 15.5 Å². The number of para-hydroxylation sites is 1. The van der Waals surface area contributed by atoms with Crippen molar-refractivity contribution in [2.45, 2.75) is 24.8 Å². The summed E-state index contributed by atoms with van der Waals surface area (Å²) < 4.78 is 11.2. The molecule has 3 aliphatic heterocycles. The molecule has 7 nitrogen and oxygen atoms in total. The number of likely N-dealkylation sites (tertiary alicyclic amines) is 1. The van der Waals surface area contributed by atoms with Crippen molar-refractivity contribution in [1.29, 1.82) is 0 Å². The molecule has 2 N–H and O–H groups in total. The van der Waals surface area contributed by atoms with Crippen LogP contribution in [0.3, 0.4) is 0 Å². The molecule has 1 spiro atoms. The highest BCUT2D eigenvalue weighted by atomic mass is 16.5. The van der Waals surface area contributed by atoms with Crippen LogP contribution in [0.25, 0.3) is 0 Å². The Labute approximate surface area is 153 Å². The van der Waals surface area contributed by atoms with Crippen LogP contribution < -0.4 is 20.1 Å². The first-order chi connectivity index (χ1) is 12.6. The van der Waals surface area contributed by atoms with E-state index in [1.54, 1.807) is 7.11 Å². The number of hydrogen-bond donors (Lipinski definition) is 2. The molecule has 1 atom stereocenters. The molecule has 4 rings (SSSR count). The minimum atomic E-state index is -0.502. The summed E-state index contributed by atoms with van der Waals surface area (Å²) >= 11 is 0. The number of amides is 2. The number of piperidine rings is 1. The number of fused-ring (bicyclic) bond motifs is 1. The molecule has 0 aliphatic carbocycles. The van der Waals surface area contributed by atoms with Gasteiger partial charge < -0.3 is 25.0 Å². The molecule has 2 amide bonds. The fraction of sp³-hybridized carbons (Fsp3) is 0.579. The molecule has 0 saturated carbocycles. The predicted molar refractivity (Wildman–Crippen MR) is 95.2 cm³/mol. The smallest absolute Gasteiger partial charge is 0.240 e. The lowest BCUT2D eigenvalue weighted by Gasteiger charge is -2.44. The third-order valence-corrected chi connectivity index (χ3v) is 5.76. The van der Waals surface area contributed by atoms with Gasteiger partial charge in [-0.3, -0.25) is 9.59 Å². The second kappa shape index (κ2) is 6.79. The summed E-state index contributed by atoms with van der Waals surface area (Å²) in [6, 6.07) is 5.78. The van der Waals surface area contributed by atoms with Crippen LogP contribution in [0.5, 0.6) is 11.5 Å². The number of benzene rings is 1. The first kappa shape index (κ1) is 17.1. The average molecular weight is 359 g/mol. The number of nitrogens with one attached hydrogen (secondary N) is 2. The van der Waals surface area contributed by atoms with Crippen molar-refractivity contribution in [3.8, 4) is 11.5 Å². The molecule has 0 aromatic heterocycles. The summed E-state index contributed by atoms with van der Waals surface area (Å²) in [5.74, 6) is 1.46. The van der Waals surface area contributed by atoms with E-state index in [9.17, 15) is 9.59 Å². The Bertz CT molecular complexity index is 713. The van der Waals surface area contributed by atoms with Gasteiger partial charge in [0.15, 0.2) is 11.5 Å². The quantitative estimate of drug-likeness (QED) is 0.795. The largest absolute Gasteiger partial charge is 0.493 e. The van der Waals surface area contributed by atoms with E-state index in [0.29, 0.717) is 51.3 Å². The maximum absolute atomic E-state index is 13.0. The SMILES string of the molecule is COc1cccc2c1OC[C@H](C(=O)N1CCC3(CC1)NCCNC3=O)C2. The molecule has 2 fully saturated rings. The molecule has 1 aromatic carbocycles. The van der Waals surface area contributed by atoms with Gasteiger partial charge in [-0.15, -0.1) is 0 Å². The van der Waals surface area contributed by atoms with Crippen molar-refractivity contribution >= 4 is 11.8 Å². The highest BCUT2D eigenvalue weighted by Crippen LogP contribution is 2.36. The van der Waals surface area contributed by atoms with Gasteiger partial charge in [-0.1, -0.05) is 12.1 Å². The zero-order chi connectivity index (χ0) is 18.1. The number of carbonyl (C=O) groups is 2. The van der Waals surface area contributed by atoms with Crippen LogP contribution >= 0.6 is 0 Å². The lowest BCUT2D eigenvalue weighted by atomic mass is 9.84. The zero-order valence-electron chi connectivity index (χ0n) is 15.0. The van der Waals surface area contributed by atoms with E-state index in [2.05, 4.69) is 10.6 Å². The Kier molecular flexibility index (Phi) is 4.48. The van der Waals surface area contributed by atoms with E-state index in [0.717, 1.165) is 17.9 Å². The van der Waals surface area contributed by atoms with Crippen LogP contribution in [0, 0.1) is 5.92 Å². The van der Waals surface area contributed by atoms with E-state index >= 15 is 0 Å². The molecule has 1 aromatic rings. The van der Waals surface area contributed by atoms with Gasteiger partial charge in [0, 0.05) is 26.2 Å². The second-order valence-corrected chi connectivity index (χ2v) is 7.25. The highest BCUT2D eigenvalue weighted by molar-refractivity contribution is 5.88. The van der Waals surface area contributed by atoms with Crippen LogP contribution in [0.4, 0.5) is 0 Å². The van der Waals surface area contributed by atoms with Crippen LogP contribution in [0.2, 0.25) is 0 Å². The third kappa shape index (κ3) is 2.90. The molecule has 3 aliphatic rings. The van der Waals surface area contributed by atoms with E-state index in [1.807, 2.05) is 23.1 Å². The van der Waals surface area contributed by atoms with Gasteiger partial charge in [0.25, 0.3) is 0 Å². The van der Waals surface area contributed by atoms with Gasteiger partial charge in [0.2, 0.25) is 11.8 Å². The molecule has 3 heterocycles. The Morgan fingerprint density at radius 1 is 1.31 bits per heavy atom. The van der Waals surface area contributed by atoms with Crippen molar-refractivity contribution in [2.24, 2.45) is 5.92 Å². The fourth-order valence-electron chi connectivity index (χ4n) is 4.21. The number of piperazine rings is 1. The molecule has 0 unspecified atom stereocenters. The number of nitrogens with zero attached hydrogens (tertiary/aromatic N) is 1. The minimum absolute atomic E-state index is 0.0675. The second-order valence-electron chi connectivity index (χ2n) is 7.25. The summed E-state index contributed by atoms with van der Waals surface area (Å²) in [4.78, 5) is 27.1. The number of ether oxygens (including phenoxy) is 2. The van der Waals surface area contributed by atoms with Gasteiger partial charge in [-0.2, -0.15) is 0 Å². The Morgan fingerprint density at radius 2 is 2.12 bits per heavy atom. The molecular weight excluding hydrogens is 334 g/mol. The van der Waals surface area contributed by atoms with Crippen LogP contribution in [0.1, 0.15) is 18.4 Å². The van der Waals surface area contributed by atoms with Crippen LogP contribution in [0.15, 0.2) is 18.2 Å². The van der Waals surface area contributed by atoms with Gasteiger partial charge in [0.1, 0.15) is 12.1 Å². The molecule has 0 radical (unpaired) electrons. The number of carbonyl (C=O) groups excluding carboxylic acids is 2. The summed E-state index contributed by atoms with van der Waals surface area (Å²) in [5, 5.41) is 6.30. The third-order valence-electron chi connectivity index (χ3n) is 5.76. The number of rotatable bonds is 2. The van der Waals surface area contributed by atoms with E-state index in [4.69, 9.17) is 9.47 Å². The van der Waals surface area contributed by atoms with Crippen molar-refractivity contribution < 1.29 is 19.1 Å². The Hall–Kier alpha value is -2.28. The lowest BCUT2D eigenvalue weighted by molar-refractivity contribution is -0.142. The predicted octanol–water partition coefficient (Wildman–Crippen LogP) is 0.327. The maximum Gasteiger partial charge on any atom is 0.240 e. The zero-order valence-corrected chi connectivity index (χ0v) is 15.0. The lowest BCUT2D eigenvalue weighted by Crippen LogP contribution is -2.67. The fourth-order valence-corrected chi connectivity index (χ4v) is 4.21. The van der Waals surface area contributed by atoms with Gasteiger partial charge in [-0.25, -0.2) is 0 Å². The first-order valence-electron chi connectivity index (χ1n) is 9.24. The topological polar surface area (TPSA) is 79.9 Å².